The number of anilines is 1. The number of halogens is 4. The van der Waals surface area contributed by atoms with E-state index in [0.717, 1.165) is 38.5 Å². The van der Waals surface area contributed by atoms with Crippen LogP contribution in [0.4, 0.5) is 23.2 Å². The number of allylic oxidation sites excluding steroid dienone is 2. The SMILES string of the molecule is COC(=O)C1=C(N)N(c2ccc(C(F)(F)F)cc2)C2=C(C(=O)[C@H](C(=O)OC)[C@@H](c3ccccc3)C2)[C@H]1c1ccc(F)cc1. The van der Waals surface area contributed by atoms with Gasteiger partial charge in [0.15, 0.2) is 5.78 Å². The van der Waals surface area contributed by atoms with Crippen molar-refractivity contribution in [2.45, 2.75) is 24.4 Å². The number of methoxy groups -OCH3 is 2. The maximum Gasteiger partial charge on any atom is 0.416 e. The van der Waals surface area contributed by atoms with Crippen molar-refractivity contribution in [3.05, 3.63) is 124 Å². The molecule has 7 nitrogen and oxygen atoms in total. The van der Waals surface area contributed by atoms with Crippen molar-refractivity contribution in [3.8, 4) is 0 Å². The Balaban J connectivity index is 1.81. The van der Waals surface area contributed by atoms with Crippen LogP contribution in [0.15, 0.2) is 102 Å². The molecule has 0 radical (unpaired) electrons. The number of carbonyl (C=O) groups excluding carboxylic acids is 3. The van der Waals surface area contributed by atoms with Gasteiger partial charge in [0.05, 0.1) is 31.3 Å². The number of ether oxygens (including phenoxy) is 2. The minimum Gasteiger partial charge on any atom is -0.468 e. The highest BCUT2D eigenvalue weighted by atomic mass is 19.4. The molecule has 2 N–H and O–H groups in total. The second-order valence-corrected chi connectivity index (χ2v) is 10.1. The number of alkyl halides is 3. The van der Waals surface area contributed by atoms with Crippen molar-refractivity contribution in [1.29, 1.82) is 0 Å². The van der Waals surface area contributed by atoms with Crippen LogP contribution in [0.1, 0.15) is 34.9 Å². The molecule has 5 rings (SSSR count). The third kappa shape index (κ3) is 5.26. The maximum atomic E-state index is 14.5. The zero-order valence-corrected chi connectivity index (χ0v) is 23.0. The summed E-state index contributed by atoms with van der Waals surface area (Å²) in [6, 6.07) is 17.9. The fourth-order valence-electron chi connectivity index (χ4n) is 5.83. The number of hydrogen-bond acceptors (Lipinski definition) is 7. The predicted molar refractivity (Wildman–Crippen MR) is 148 cm³/mol. The summed E-state index contributed by atoms with van der Waals surface area (Å²) in [7, 11) is 2.27. The highest BCUT2D eigenvalue weighted by Crippen LogP contribution is 2.51. The molecular weight excluding hydrogens is 568 g/mol. The Morgan fingerprint density at radius 1 is 0.884 bits per heavy atom. The van der Waals surface area contributed by atoms with Crippen LogP contribution < -0.4 is 10.6 Å². The van der Waals surface area contributed by atoms with Crippen LogP contribution in [0.2, 0.25) is 0 Å². The van der Waals surface area contributed by atoms with Gasteiger partial charge < -0.3 is 15.2 Å². The van der Waals surface area contributed by atoms with E-state index in [2.05, 4.69) is 0 Å². The van der Waals surface area contributed by atoms with E-state index in [4.69, 9.17) is 15.2 Å². The quantitative estimate of drug-likeness (QED) is 0.234. The molecule has 0 saturated carbocycles. The molecule has 3 aromatic rings. The first kappa shape index (κ1) is 29.6. The maximum absolute atomic E-state index is 14.5. The van der Waals surface area contributed by atoms with E-state index in [0.29, 0.717) is 11.1 Å². The number of nitrogens with two attached hydrogens (primary N) is 1. The van der Waals surface area contributed by atoms with E-state index in [9.17, 15) is 31.9 Å². The average Bonchev–Trinajstić information content (AvgIpc) is 3.00. The van der Waals surface area contributed by atoms with Crippen molar-refractivity contribution in [1.82, 2.24) is 0 Å². The first-order chi connectivity index (χ1) is 20.5. The summed E-state index contributed by atoms with van der Waals surface area (Å²) in [5.74, 6) is -6.36. The zero-order chi connectivity index (χ0) is 31.1. The highest BCUT2D eigenvalue weighted by Gasteiger charge is 2.51. The normalized spacial score (nSPS) is 20.6. The Morgan fingerprint density at radius 3 is 2.07 bits per heavy atom. The molecule has 1 heterocycles. The Hall–Kier alpha value is -4.93. The van der Waals surface area contributed by atoms with Crippen LogP contribution >= 0.6 is 0 Å². The number of nitrogens with zero attached hydrogens (tertiary/aromatic N) is 1. The van der Waals surface area contributed by atoms with Crippen molar-refractivity contribution in [2.24, 2.45) is 11.7 Å². The molecule has 1 aliphatic carbocycles. The number of hydrogen-bond donors (Lipinski definition) is 1. The second kappa shape index (κ2) is 11.4. The van der Waals surface area contributed by atoms with Gasteiger partial charge in [-0.2, -0.15) is 13.2 Å². The van der Waals surface area contributed by atoms with Gasteiger partial charge in [0.25, 0.3) is 0 Å². The van der Waals surface area contributed by atoms with Gasteiger partial charge in [0, 0.05) is 22.9 Å². The van der Waals surface area contributed by atoms with E-state index < -0.39 is 53.0 Å². The van der Waals surface area contributed by atoms with Crippen LogP contribution in [-0.4, -0.2) is 31.9 Å². The minimum absolute atomic E-state index is 0.00341. The van der Waals surface area contributed by atoms with Crippen LogP contribution in [0, 0.1) is 11.7 Å². The largest absolute Gasteiger partial charge is 0.468 e. The summed E-state index contributed by atoms with van der Waals surface area (Å²) in [4.78, 5) is 42.3. The molecule has 222 valence electrons. The first-order valence-electron chi connectivity index (χ1n) is 13.2. The van der Waals surface area contributed by atoms with Crippen molar-refractivity contribution in [3.63, 3.8) is 0 Å². The lowest BCUT2D eigenvalue weighted by Gasteiger charge is -2.44. The Labute approximate surface area is 244 Å². The number of Topliss-reactive ketones (excluding diaryl/α,β-unsaturated/α-hetero) is 1. The number of rotatable bonds is 5. The summed E-state index contributed by atoms with van der Waals surface area (Å²) >= 11 is 0. The van der Waals surface area contributed by atoms with Gasteiger partial charge in [-0.15, -0.1) is 0 Å². The molecule has 0 unspecified atom stereocenters. The van der Waals surface area contributed by atoms with E-state index >= 15 is 0 Å². The van der Waals surface area contributed by atoms with Gasteiger partial charge in [-0.05, 0) is 53.9 Å². The van der Waals surface area contributed by atoms with Gasteiger partial charge in [-0.25, -0.2) is 9.18 Å². The molecule has 0 spiro atoms. The second-order valence-electron chi connectivity index (χ2n) is 10.1. The molecule has 0 saturated heterocycles. The lowest BCUT2D eigenvalue weighted by Crippen LogP contribution is -2.46. The molecular formula is C32H26F4N2O5. The van der Waals surface area contributed by atoms with Crippen LogP contribution in [-0.2, 0) is 30.0 Å². The van der Waals surface area contributed by atoms with Crippen molar-refractivity contribution >= 4 is 23.4 Å². The Kier molecular flexibility index (Phi) is 7.83. The summed E-state index contributed by atoms with van der Waals surface area (Å²) in [6.07, 6.45) is -4.58. The molecule has 11 heteroatoms. The molecule has 3 atom stereocenters. The molecule has 1 aliphatic heterocycles. The molecule has 2 aliphatic rings. The highest BCUT2D eigenvalue weighted by molar-refractivity contribution is 6.14. The summed E-state index contributed by atoms with van der Waals surface area (Å²) in [5.41, 5.74) is 6.93. The number of esters is 2. The summed E-state index contributed by atoms with van der Waals surface area (Å²) in [5, 5.41) is 0. The fourth-order valence-corrected chi connectivity index (χ4v) is 5.83. The minimum atomic E-state index is -4.61. The number of carbonyl (C=O) groups is 3. The first-order valence-corrected chi connectivity index (χ1v) is 13.2. The Morgan fingerprint density at radius 2 is 1.51 bits per heavy atom. The van der Waals surface area contributed by atoms with Gasteiger partial charge in [0.1, 0.15) is 17.6 Å². The van der Waals surface area contributed by atoms with E-state index in [1.54, 1.807) is 30.3 Å². The lowest BCUT2D eigenvalue weighted by atomic mass is 9.67. The Bertz CT molecular complexity index is 1630. The smallest absolute Gasteiger partial charge is 0.416 e. The van der Waals surface area contributed by atoms with Gasteiger partial charge in [-0.1, -0.05) is 42.5 Å². The average molecular weight is 595 g/mol. The van der Waals surface area contributed by atoms with Crippen LogP contribution in [0.3, 0.4) is 0 Å². The van der Waals surface area contributed by atoms with Gasteiger partial charge >= 0.3 is 18.1 Å². The molecule has 0 fully saturated rings. The van der Waals surface area contributed by atoms with E-state index in [-0.39, 0.29) is 34.8 Å². The fraction of sp³-hybridized carbons (Fsp3) is 0.219. The summed E-state index contributed by atoms with van der Waals surface area (Å²) < 4.78 is 64.2. The molecule has 0 bridgehead atoms. The predicted octanol–water partition coefficient (Wildman–Crippen LogP) is 5.59. The van der Waals surface area contributed by atoms with Crippen LogP contribution in [0.25, 0.3) is 0 Å². The lowest BCUT2D eigenvalue weighted by molar-refractivity contribution is -0.150. The van der Waals surface area contributed by atoms with Gasteiger partial charge in [-0.3, -0.25) is 14.5 Å². The molecule has 3 aromatic carbocycles. The monoisotopic (exact) mass is 594 g/mol. The van der Waals surface area contributed by atoms with Crippen molar-refractivity contribution < 1.29 is 41.4 Å². The topological polar surface area (TPSA) is 98.9 Å². The van der Waals surface area contributed by atoms with Gasteiger partial charge in [0.2, 0.25) is 0 Å². The third-order valence-corrected chi connectivity index (χ3v) is 7.78. The zero-order valence-electron chi connectivity index (χ0n) is 23.0. The van der Waals surface area contributed by atoms with Crippen LogP contribution in [0.5, 0.6) is 0 Å². The van der Waals surface area contributed by atoms with E-state index in [1.807, 2.05) is 0 Å². The van der Waals surface area contributed by atoms with E-state index in [1.165, 1.54) is 29.2 Å². The molecule has 43 heavy (non-hydrogen) atoms. The number of benzene rings is 3. The summed E-state index contributed by atoms with van der Waals surface area (Å²) in [6.45, 7) is 0. The standard InChI is InChI=1S/C32H26F4N2O5/c1-42-30(40)25-22(17-6-4-3-5-7-17)16-23-26(28(25)39)24(18-8-12-20(33)13-9-18)27(31(41)43-2)29(37)38(23)21-14-10-19(11-15-21)32(34,35)36/h3-15,22,24-25H,16,37H2,1-2H3/t22-,24-,25-/m1/s1. The molecule has 0 amide bonds. The number of ketones is 1. The molecule has 0 aromatic heterocycles. The third-order valence-electron chi connectivity index (χ3n) is 7.78. The van der Waals surface area contributed by atoms with Crippen molar-refractivity contribution in [2.75, 3.05) is 19.1 Å².